The van der Waals surface area contributed by atoms with Gasteiger partial charge in [0.05, 0.1) is 16.8 Å². The summed E-state index contributed by atoms with van der Waals surface area (Å²) >= 11 is 3.33. The van der Waals surface area contributed by atoms with E-state index in [1.807, 2.05) is 0 Å². The summed E-state index contributed by atoms with van der Waals surface area (Å²) in [5, 5.41) is 11.4. The second-order valence-corrected chi connectivity index (χ2v) is 6.76. The molecule has 0 saturated carbocycles. The summed E-state index contributed by atoms with van der Waals surface area (Å²) in [6.07, 6.45) is 1.51. The van der Waals surface area contributed by atoms with E-state index in [0.717, 1.165) is 4.90 Å². The van der Waals surface area contributed by atoms with Crippen molar-refractivity contribution in [2.75, 3.05) is 18.1 Å². The molecule has 1 saturated heterocycles. The van der Waals surface area contributed by atoms with Crippen LogP contribution in [0.5, 0.6) is 11.5 Å². The van der Waals surface area contributed by atoms with E-state index in [1.54, 1.807) is 49.4 Å². The average Bonchev–Trinajstić information content (AvgIpc) is 2.95. The molecular formula is C20H17BrN2O6. The van der Waals surface area contributed by atoms with Crippen molar-refractivity contribution in [3.05, 3.63) is 58.2 Å². The number of hydrogen-bond donors (Lipinski definition) is 2. The number of carboxylic acids is 1. The number of carbonyl (C=O) groups excluding carboxylic acids is 2. The smallest absolute Gasteiger partial charge is 0.341 e. The number of benzene rings is 2. The molecule has 150 valence electrons. The lowest BCUT2D eigenvalue weighted by molar-refractivity contribution is -0.139. The number of nitrogens with zero attached hydrogens (tertiary/aromatic N) is 1. The quantitative estimate of drug-likeness (QED) is 0.484. The molecule has 1 fully saturated rings. The van der Waals surface area contributed by atoms with Crippen LogP contribution in [0.25, 0.3) is 6.08 Å². The third kappa shape index (κ3) is 4.57. The van der Waals surface area contributed by atoms with Crippen LogP contribution in [0.15, 0.2) is 52.6 Å². The summed E-state index contributed by atoms with van der Waals surface area (Å²) in [7, 11) is 0. The number of nitrogens with one attached hydrogen (secondary N) is 1. The summed E-state index contributed by atoms with van der Waals surface area (Å²) in [6, 6.07) is 11.3. The molecule has 1 aliphatic rings. The number of hydrogen-bond acceptors (Lipinski definition) is 5. The molecule has 0 radical (unpaired) electrons. The summed E-state index contributed by atoms with van der Waals surface area (Å²) in [5.74, 6) is -1.05. The van der Waals surface area contributed by atoms with Crippen LogP contribution in [0.2, 0.25) is 0 Å². The number of rotatable bonds is 7. The lowest BCUT2D eigenvalue weighted by Gasteiger charge is -2.13. The number of carbonyl (C=O) groups is 3. The van der Waals surface area contributed by atoms with Crippen molar-refractivity contribution < 1.29 is 29.0 Å². The van der Waals surface area contributed by atoms with Crippen molar-refractivity contribution >= 4 is 45.6 Å². The topological polar surface area (TPSA) is 105 Å². The summed E-state index contributed by atoms with van der Waals surface area (Å²) in [6.45, 7) is 1.57. The fraction of sp³-hybridized carbons (Fsp3) is 0.150. The van der Waals surface area contributed by atoms with Crippen molar-refractivity contribution in [2.45, 2.75) is 6.92 Å². The van der Waals surface area contributed by atoms with E-state index in [2.05, 4.69) is 21.2 Å². The molecule has 29 heavy (non-hydrogen) atoms. The monoisotopic (exact) mass is 460 g/mol. The van der Waals surface area contributed by atoms with E-state index in [4.69, 9.17) is 14.6 Å². The third-order valence-corrected chi connectivity index (χ3v) is 4.46. The molecule has 2 N–H and O–H groups in total. The maximum absolute atomic E-state index is 12.7. The highest BCUT2D eigenvalue weighted by molar-refractivity contribution is 9.10. The van der Waals surface area contributed by atoms with E-state index in [0.29, 0.717) is 28.1 Å². The standard InChI is InChI=1S/C20H17BrN2O6/c1-2-28-16-10-12(8-14(21)18(16)29-11-17(24)25)9-15-19(26)23(20(27)22-15)13-6-4-3-5-7-13/h3-10H,2,11H2,1H3,(H,22,27)(H,24,25)/b15-9+. The fourth-order valence-electron chi connectivity index (χ4n) is 2.72. The van der Waals surface area contributed by atoms with Crippen LogP contribution in [0, 0.1) is 0 Å². The van der Waals surface area contributed by atoms with Gasteiger partial charge >= 0.3 is 12.0 Å². The Labute approximate surface area is 174 Å². The Hall–Kier alpha value is -3.33. The van der Waals surface area contributed by atoms with E-state index in [1.165, 1.54) is 6.08 Å². The number of halogens is 1. The third-order valence-electron chi connectivity index (χ3n) is 3.88. The van der Waals surface area contributed by atoms with Crippen LogP contribution in [0.1, 0.15) is 12.5 Å². The highest BCUT2D eigenvalue weighted by atomic mass is 79.9. The number of urea groups is 1. The molecule has 0 spiro atoms. The van der Waals surface area contributed by atoms with Crippen molar-refractivity contribution in [1.82, 2.24) is 5.32 Å². The number of para-hydroxylation sites is 1. The molecule has 0 bridgehead atoms. The van der Waals surface area contributed by atoms with Gasteiger partial charge in [-0.05, 0) is 58.8 Å². The van der Waals surface area contributed by atoms with Gasteiger partial charge in [-0.3, -0.25) is 4.79 Å². The van der Waals surface area contributed by atoms with Gasteiger partial charge in [0.1, 0.15) is 5.70 Å². The number of aliphatic carboxylic acids is 1. The van der Waals surface area contributed by atoms with E-state index >= 15 is 0 Å². The highest BCUT2D eigenvalue weighted by Gasteiger charge is 2.34. The fourth-order valence-corrected chi connectivity index (χ4v) is 3.30. The van der Waals surface area contributed by atoms with E-state index in [9.17, 15) is 14.4 Å². The van der Waals surface area contributed by atoms with Gasteiger partial charge in [-0.15, -0.1) is 0 Å². The molecule has 0 atom stereocenters. The molecular weight excluding hydrogens is 444 g/mol. The van der Waals surface area contributed by atoms with Crippen LogP contribution < -0.4 is 19.7 Å². The first-order valence-corrected chi connectivity index (χ1v) is 9.43. The Morgan fingerprint density at radius 1 is 1.21 bits per heavy atom. The predicted molar refractivity (Wildman–Crippen MR) is 109 cm³/mol. The van der Waals surface area contributed by atoms with Crippen molar-refractivity contribution in [3.63, 3.8) is 0 Å². The lowest BCUT2D eigenvalue weighted by Crippen LogP contribution is -2.30. The Bertz CT molecular complexity index is 990. The van der Waals surface area contributed by atoms with Gasteiger partial charge in [0.2, 0.25) is 0 Å². The number of carboxylic acid groups (broad SMARTS) is 1. The molecule has 0 aromatic heterocycles. The molecule has 0 unspecified atom stereocenters. The Morgan fingerprint density at radius 3 is 2.59 bits per heavy atom. The maximum Gasteiger partial charge on any atom is 0.341 e. The molecule has 8 nitrogen and oxygen atoms in total. The largest absolute Gasteiger partial charge is 0.490 e. The molecule has 3 amide bonds. The van der Waals surface area contributed by atoms with Gasteiger partial charge in [0, 0.05) is 0 Å². The first-order chi connectivity index (χ1) is 13.9. The number of ether oxygens (including phenoxy) is 2. The van der Waals surface area contributed by atoms with Gasteiger partial charge in [-0.25, -0.2) is 14.5 Å². The van der Waals surface area contributed by atoms with Gasteiger partial charge in [0.25, 0.3) is 5.91 Å². The highest BCUT2D eigenvalue weighted by Crippen LogP contribution is 2.37. The second kappa shape index (κ2) is 8.78. The first-order valence-electron chi connectivity index (χ1n) is 8.63. The zero-order valence-electron chi connectivity index (χ0n) is 15.3. The van der Waals surface area contributed by atoms with Crippen molar-refractivity contribution in [2.24, 2.45) is 0 Å². The van der Waals surface area contributed by atoms with Crippen molar-refractivity contribution in [1.29, 1.82) is 0 Å². The zero-order valence-corrected chi connectivity index (χ0v) is 16.9. The minimum atomic E-state index is -1.12. The van der Waals surface area contributed by atoms with Gasteiger partial charge < -0.3 is 19.9 Å². The number of amides is 3. The minimum Gasteiger partial charge on any atom is -0.490 e. The number of anilines is 1. The zero-order chi connectivity index (χ0) is 21.0. The minimum absolute atomic E-state index is 0.104. The Kier molecular flexibility index (Phi) is 6.18. The van der Waals surface area contributed by atoms with Crippen LogP contribution in [-0.4, -0.2) is 36.2 Å². The van der Waals surface area contributed by atoms with Crippen LogP contribution in [0.4, 0.5) is 10.5 Å². The Morgan fingerprint density at radius 2 is 1.93 bits per heavy atom. The molecule has 2 aromatic carbocycles. The SMILES string of the molecule is CCOc1cc(/C=C2/NC(=O)N(c3ccccc3)C2=O)cc(Br)c1OCC(=O)O. The molecule has 0 aliphatic carbocycles. The van der Waals surface area contributed by atoms with Crippen LogP contribution in [0.3, 0.4) is 0 Å². The molecule has 3 rings (SSSR count). The number of imide groups is 1. The van der Waals surface area contributed by atoms with Crippen LogP contribution in [-0.2, 0) is 9.59 Å². The van der Waals surface area contributed by atoms with E-state index < -0.39 is 24.5 Å². The normalized spacial score (nSPS) is 14.8. The predicted octanol–water partition coefficient (Wildman–Crippen LogP) is 3.41. The van der Waals surface area contributed by atoms with Gasteiger partial charge in [-0.1, -0.05) is 18.2 Å². The van der Waals surface area contributed by atoms with E-state index in [-0.39, 0.29) is 11.4 Å². The summed E-state index contributed by atoms with van der Waals surface area (Å²) in [4.78, 5) is 36.8. The molecule has 9 heteroatoms. The van der Waals surface area contributed by atoms with Gasteiger partial charge in [0.15, 0.2) is 18.1 Å². The second-order valence-electron chi connectivity index (χ2n) is 5.91. The maximum atomic E-state index is 12.7. The Balaban J connectivity index is 1.92. The van der Waals surface area contributed by atoms with Gasteiger partial charge in [-0.2, -0.15) is 0 Å². The van der Waals surface area contributed by atoms with Crippen molar-refractivity contribution in [3.8, 4) is 11.5 Å². The summed E-state index contributed by atoms with van der Waals surface area (Å²) in [5.41, 5.74) is 1.13. The average molecular weight is 461 g/mol. The first kappa shape index (κ1) is 20.4. The van der Waals surface area contributed by atoms with Crippen LogP contribution >= 0.6 is 15.9 Å². The molecule has 1 heterocycles. The molecule has 2 aromatic rings. The summed E-state index contributed by atoms with van der Waals surface area (Å²) < 4.78 is 11.3. The molecule has 1 aliphatic heterocycles. The lowest BCUT2D eigenvalue weighted by atomic mass is 10.1.